The Morgan fingerprint density at radius 3 is 2.44 bits per heavy atom. The summed E-state index contributed by atoms with van der Waals surface area (Å²) in [5.41, 5.74) is 0. The molecule has 0 bridgehead atoms. The van der Waals surface area contributed by atoms with Crippen LogP contribution in [0.3, 0.4) is 0 Å². The van der Waals surface area contributed by atoms with Crippen molar-refractivity contribution < 1.29 is 0 Å². The van der Waals surface area contributed by atoms with E-state index in [0.717, 1.165) is 29.3 Å². The third-order valence-corrected chi connectivity index (χ3v) is 3.68. The van der Waals surface area contributed by atoms with Gasteiger partial charge in [-0.25, -0.2) is 4.98 Å². The molecule has 0 aliphatic heterocycles. The van der Waals surface area contributed by atoms with Crippen molar-refractivity contribution in [2.24, 2.45) is 0 Å². The highest BCUT2D eigenvalue weighted by Crippen LogP contribution is 2.23. The van der Waals surface area contributed by atoms with E-state index in [0.29, 0.717) is 12.0 Å². The van der Waals surface area contributed by atoms with Gasteiger partial charge in [0, 0.05) is 35.4 Å². The largest absolute Gasteiger partial charge is 0.344 e. The lowest BCUT2D eigenvalue weighted by atomic mass is 10.2. The number of aromatic nitrogens is 2. The molecule has 0 spiro atoms. The summed E-state index contributed by atoms with van der Waals surface area (Å²) < 4.78 is 4.40. The molecule has 0 N–H and O–H groups in total. The van der Waals surface area contributed by atoms with Crippen LogP contribution in [-0.4, -0.2) is 27.3 Å². The van der Waals surface area contributed by atoms with Gasteiger partial charge >= 0.3 is 0 Å². The Morgan fingerprint density at radius 1 is 1.31 bits per heavy atom. The van der Waals surface area contributed by atoms with Gasteiger partial charge in [-0.05, 0) is 20.3 Å². The van der Waals surface area contributed by atoms with Crippen LogP contribution in [0.15, 0.2) is 0 Å². The summed E-state index contributed by atoms with van der Waals surface area (Å²) in [5.74, 6) is 1.37. The lowest BCUT2D eigenvalue weighted by Gasteiger charge is -2.25. The Kier molecular flexibility index (Phi) is 5.69. The van der Waals surface area contributed by atoms with E-state index < -0.39 is 0 Å². The third kappa shape index (κ3) is 3.70. The van der Waals surface area contributed by atoms with Gasteiger partial charge in [0.05, 0.1) is 0 Å². The maximum atomic E-state index is 4.60. The molecule has 0 atom stereocenters. The van der Waals surface area contributed by atoms with Crippen LogP contribution in [0.5, 0.6) is 0 Å². The van der Waals surface area contributed by atoms with Crippen molar-refractivity contribution in [1.29, 1.82) is 0 Å². The Hall–Kier alpha value is -0.160. The first kappa shape index (κ1) is 13.9. The van der Waals surface area contributed by atoms with Gasteiger partial charge in [0.25, 0.3) is 0 Å². The number of halogens is 1. The fourth-order valence-corrected chi connectivity index (χ4v) is 2.60. The predicted molar refractivity (Wildman–Crippen MR) is 74.9 cm³/mol. The van der Waals surface area contributed by atoms with E-state index >= 15 is 0 Å². The lowest BCUT2D eigenvalue weighted by molar-refractivity contribution is 0.668. The van der Waals surface area contributed by atoms with E-state index in [1.807, 2.05) is 0 Å². The molecule has 3 nitrogen and oxygen atoms in total. The minimum atomic E-state index is 0.412. The van der Waals surface area contributed by atoms with E-state index in [1.54, 1.807) is 0 Å². The Labute approximate surface area is 111 Å². The van der Waals surface area contributed by atoms with Crippen molar-refractivity contribution in [1.82, 2.24) is 9.36 Å². The summed E-state index contributed by atoms with van der Waals surface area (Å²) in [6, 6.07) is 0.479. The highest BCUT2D eigenvalue weighted by Gasteiger charge is 2.16. The van der Waals surface area contributed by atoms with Crippen LogP contribution in [0.1, 0.15) is 45.9 Å². The molecule has 0 aromatic carbocycles. The molecule has 1 heterocycles. The number of nitrogens with zero attached hydrogens (tertiary/aromatic N) is 3. The van der Waals surface area contributed by atoms with Gasteiger partial charge in [0.1, 0.15) is 5.82 Å². The van der Waals surface area contributed by atoms with Gasteiger partial charge in [-0.3, -0.25) is 0 Å². The zero-order valence-electron chi connectivity index (χ0n) is 10.4. The smallest absolute Gasteiger partial charge is 0.205 e. The molecule has 0 fully saturated rings. The molecule has 0 aliphatic rings. The van der Waals surface area contributed by atoms with Crippen molar-refractivity contribution in [3.63, 3.8) is 0 Å². The van der Waals surface area contributed by atoms with Crippen LogP contribution in [0.4, 0.5) is 5.13 Å². The van der Waals surface area contributed by atoms with E-state index in [4.69, 9.17) is 0 Å². The minimum Gasteiger partial charge on any atom is -0.344 e. The summed E-state index contributed by atoms with van der Waals surface area (Å²) >= 11 is 4.98. The van der Waals surface area contributed by atoms with Crippen LogP contribution in [0.25, 0.3) is 0 Å². The molecule has 0 saturated heterocycles. The van der Waals surface area contributed by atoms with E-state index in [2.05, 4.69) is 57.9 Å². The molecule has 5 heteroatoms. The Bertz CT molecular complexity index is 312. The number of anilines is 1. The van der Waals surface area contributed by atoms with Crippen molar-refractivity contribution >= 4 is 32.6 Å². The molecule has 0 aliphatic carbocycles. The van der Waals surface area contributed by atoms with Gasteiger partial charge in [-0.1, -0.05) is 29.8 Å². The summed E-state index contributed by atoms with van der Waals surface area (Å²) in [6.07, 6.45) is 1.13. The molecule has 1 aromatic rings. The van der Waals surface area contributed by atoms with Crippen LogP contribution >= 0.6 is 27.5 Å². The topological polar surface area (TPSA) is 29.0 Å². The second-order valence-corrected chi connectivity index (χ2v) is 5.94. The summed E-state index contributed by atoms with van der Waals surface area (Å²) in [7, 11) is 0. The maximum absolute atomic E-state index is 4.60. The second kappa shape index (κ2) is 6.55. The maximum Gasteiger partial charge on any atom is 0.205 e. The van der Waals surface area contributed by atoms with E-state index in [-0.39, 0.29) is 0 Å². The number of alkyl halides is 1. The van der Waals surface area contributed by atoms with Crippen molar-refractivity contribution in [3.8, 4) is 0 Å². The third-order valence-electron chi connectivity index (χ3n) is 2.35. The number of hydrogen-bond acceptors (Lipinski definition) is 4. The van der Waals surface area contributed by atoms with Crippen LogP contribution in [0, 0.1) is 0 Å². The molecule has 92 valence electrons. The zero-order chi connectivity index (χ0) is 12.1. The van der Waals surface area contributed by atoms with Gasteiger partial charge in [-0.15, -0.1) is 0 Å². The fraction of sp³-hybridized carbons (Fsp3) is 0.818. The normalized spacial score (nSPS) is 11.4. The highest BCUT2D eigenvalue weighted by atomic mass is 79.9. The summed E-state index contributed by atoms with van der Waals surface area (Å²) in [6.45, 7) is 9.69. The van der Waals surface area contributed by atoms with Crippen LogP contribution in [0.2, 0.25) is 0 Å². The zero-order valence-corrected chi connectivity index (χ0v) is 12.8. The van der Waals surface area contributed by atoms with Crippen molar-refractivity contribution in [2.45, 2.75) is 46.1 Å². The average Bonchev–Trinajstić information content (AvgIpc) is 2.67. The summed E-state index contributed by atoms with van der Waals surface area (Å²) in [4.78, 5) is 6.93. The Balaban J connectivity index is 2.76. The fourth-order valence-electron chi connectivity index (χ4n) is 1.38. The van der Waals surface area contributed by atoms with Gasteiger partial charge in [0.15, 0.2) is 0 Å². The first-order chi connectivity index (χ1) is 7.56. The first-order valence-corrected chi connectivity index (χ1v) is 7.62. The SMILES string of the molecule is CC(C)c1nsc(N(CCCBr)C(C)C)n1. The van der Waals surface area contributed by atoms with Gasteiger partial charge in [0.2, 0.25) is 5.13 Å². The molecule has 0 saturated carbocycles. The summed E-state index contributed by atoms with van der Waals surface area (Å²) in [5, 5.41) is 2.09. The molecule has 1 aromatic heterocycles. The molecule has 0 amide bonds. The van der Waals surface area contributed by atoms with Crippen LogP contribution in [-0.2, 0) is 0 Å². The van der Waals surface area contributed by atoms with Crippen LogP contribution < -0.4 is 4.90 Å². The monoisotopic (exact) mass is 305 g/mol. The minimum absolute atomic E-state index is 0.412. The predicted octanol–water partition coefficient (Wildman–Crippen LogP) is 3.66. The molecular weight excluding hydrogens is 286 g/mol. The van der Waals surface area contributed by atoms with Crippen molar-refractivity contribution in [3.05, 3.63) is 5.82 Å². The van der Waals surface area contributed by atoms with E-state index in [1.165, 1.54) is 11.5 Å². The molecule has 16 heavy (non-hydrogen) atoms. The number of hydrogen-bond donors (Lipinski definition) is 0. The van der Waals surface area contributed by atoms with E-state index in [9.17, 15) is 0 Å². The lowest BCUT2D eigenvalue weighted by Crippen LogP contribution is -2.31. The Morgan fingerprint density at radius 2 is 2.00 bits per heavy atom. The second-order valence-electron chi connectivity index (χ2n) is 4.42. The highest BCUT2D eigenvalue weighted by molar-refractivity contribution is 9.09. The molecule has 0 unspecified atom stereocenters. The molecule has 0 radical (unpaired) electrons. The molecular formula is C11H20BrN3S. The standard InChI is InChI=1S/C11H20BrN3S/c1-8(2)10-13-11(16-14-10)15(9(3)4)7-5-6-12/h8-9H,5-7H2,1-4H3. The first-order valence-electron chi connectivity index (χ1n) is 5.72. The van der Waals surface area contributed by atoms with Gasteiger partial charge in [-0.2, -0.15) is 4.37 Å². The molecule has 1 rings (SSSR count). The quantitative estimate of drug-likeness (QED) is 0.751. The van der Waals surface area contributed by atoms with Crippen molar-refractivity contribution in [2.75, 3.05) is 16.8 Å². The van der Waals surface area contributed by atoms with Gasteiger partial charge < -0.3 is 4.90 Å². The number of rotatable bonds is 6. The average molecular weight is 306 g/mol.